The van der Waals surface area contributed by atoms with Crippen molar-refractivity contribution in [2.75, 3.05) is 5.75 Å². The van der Waals surface area contributed by atoms with Crippen molar-refractivity contribution in [1.29, 1.82) is 0 Å². The van der Waals surface area contributed by atoms with Gasteiger partial charge < -0.3 is 5.11 Å². The van der Waals surface area contributed by atoms with Crippen LogP contribution in [0, 0.1) is 0 Å². The van der Waals surface area contributed by atoms with Crippen molar-refractivity contribution in [2.45, 2.75) is 24.2 Å². The summed E-state index contributed by atoms with van der Waals surface area (Å²) >= 11 is 1.57. The first-order valence-corrected chi connectivity index (χ1v) is 6.41. The molecule has 0 bridgehead atoms. The summed E-state index contributed by atoms with van der Waals surface area (Å²) in [6, 6.07) is 9.89. The van der Waals surface area contributed by atoms with Crippen molar-refractivity contribution >= 4 is 11.8 Å². The van der Waals surface area contributed by atoms with E-state index in [0.717, 1.165) is 10.8 Å². The van der Waals surface area contributed by atoms with Crippen LogP contribution in [0.25, 0.3) is 5.69 Å². The van der Waals surface area contributed by atoms with E-state index in [1.54, 1.807) is 21.1 Å². The van der Waals surface area contributed by atoms with E-state index in [1.807, 2.05) is 37.3 Å². The molecule has 1 aliphatic heterocycles. The Morgan fingerprint density at radius 3 is 2.94 bits per heavy atom. The maximum Gasteiger partial charge on any atom is 0.323 e. The number of thioether (sulfide) groups is 1. The Balaban J connectivity index is 2.03. The van der Waals surface area contributed by atoms with Gasteiger partial charge in [-0.15, -0.1) is 4.68 Å². The van der Waals surface area contributed by atoms with Crippen molar-refractivity contribution in [3.05, 3.63) is 30.3 Å². The number of tetrazole rings is 1. The SMILES string of the molecule is CC1(O)CSc2n(-c3ccccc3)nn[n+]2C1. The zero-order valence-electron chi connectivity index (χ0n) is 9.45. The first-order valence-electron chi connectivity index (χ1n) is 5.42. The maximum atomic E-state index is 9.98. The predicted molar refractivity (Wildman–Crippen MR) is 62.9 cm³/mol. The summed E-state index contributed by atoms with van der Waals surface area (Å²) in [6.07, 6.45) is 0. The van der Waals surface area contributed by atoms with E-state index in [9.17, 15) is 5.11 Å². The molecule has 88 valence electrons. The lowest BCUT2D eigenvalue weighted by atomic mass is 10.1. The predicted octanol–water partition coefficient (Wildman–Crippen LogP) is 0.411. The van der Waals surface area contributed by atoms with Crippen molar-refractivity contribution in [3.63, 3.8) is 0 Å². The van der Waals surface area contributed by atoms with E-state index in [1.165, 1.54) is 0 Å². The van der Waals surface area contributed by atoms with Gasteiger partial charge in [-0.25, -0.2) is 0 Å². The molecule has 0 spiro atoms. The molecule has 1 aromatic carbocycles. The van der Waals surface area contributed by atoms with E-state index < -0.39 is 5.60 Å². The van der Waals surface area contributed by atoms with E-state index >= 15 is 0 Å². The number of hydrogen-bond acceptors (Lipinski definition) is 4. The molecule has 0 radical (unpaired) electrons. The molecule has 0 amide bonds. The molecule has 0 saturated heterocycles. The third-order valence-corrected chi connectivity index (χ3v) is 4.05. The third-order valence-electron chi connectivity index (χ3n) is 2.64. The molecule has 0 saturated carbocycles. The number of aliphatic hydroxyl groups is 1. The van der Waals surface area contributed by atoms with Gasteiger partial charge in [0.25, 0.3) is 0 Å². The largest absolute Gasteiger partial charge is 0.386 e. The standard InChI is InChI=1S/C11H13N4OS/c1-11(16)7-14-10(17-8-11)15(13-12-14)9-5-3-2-4-6-9/h2-6,16H,7-8H2,1H3/q+1. The van der Waals surface area contributed by atoms with Gasteiger partial charge in [-0.3, -0.25) is 0 Å². The van der Waals surface area contributed by atoms with Gasteiger partial charge in [-0.05, 0) is 35.5 Å². The number of nitrogens with zero attached hydrogens (tertiary/aromatic N) is 4. The van der Waals surface area contributed by atoms with Gasteiger partial charge in [0.05, 0.1) is 0 Å². The van der Waals surface area contributed by atoms with E-state index in [-0.39, 0.29) is 0 Å². The fourth-order valence-corrected chi connectivity index (χ4v) is 2.87. The average Bonchev–Trinajstić information content (AvgIpc) is 2.71. The minimum absolute atomic E-state index is 0.488. The van der Waals surface area contributed by atoms with Crippen LogP contribution in [-0.4, -0.2) is 31.6 Å². The van der Waals surface area contributed by atoms with Crippen molar-refractivity contribution in [3.8, 4) is 5.69 Å². The number of rotatable bonds is 1. The van der Waals surface area contributed by atoms with E-state index in [4.69, 9.17) is 0 Å². The summed E-state index contributed by atoms with van der Waals surface area (Å²) in [7, 11) is 0. The average molecular weight is 249 g/mol. The molecule has 1 N–H and O–H groups in total. The molecule has 6 heteroatoms. The lowest BCUT2D eigenvalue weighted by Crippen LogP contribution is -2.53. The highest BCUT2D eigenvalue weighted by Crippen LogP contribution is 2.25. The molecule has 1 unspecified atom stereocenters. The van der Waals surface area contributed by atoms with Crippen LogP contribution < -0.4 is 4.68 Å². The van der Waals surface area contributed by atoms with Crippen LogP contribution in [0.4, 0.5) is 0 Å². The van der Waals surface area contributed by atoms with Crippen LogP contribution in [0.3, 0.4) is 0 Å². The molecule has 2 heterocycles. The monoisotopic (exact) mass is 249 g/mol. The summed E-state index contributed by atoms with van der Waals surface area (Å²) in [5.74, 6) is 0.660. The van der Waals surface area contributed by atoms with Crippen molar-refractivity contribution in [1.82, 2.24) is 15.1 Å². The lowest BCUT2D eigenvalue weighted by molar-refractivity contribution is -0.799. The van der Waals surface area contributed by atoms with Gasteiger partial charge in [0.1, 0.15) is 23.0 Å². The summed E-state index contributed by atoms with van der Waals surface area (Å²) in [4.78, 5) is 0. The maximum absolute atomic E-state index is 9.98. The van der Waals surface area contributed by atoms with Crippen LogP contribution >= 0.6 is 11.8 Å². The van der Waals surface area contributed by atoms with Gasteiger partial charge >= 0.3 is 5.16 Å². The summed E-state index contributed by atoms with van der Waals surface area (Å²) < 4.78 is 3.56. The topological polar surface area (TPSA) is 54.8 Å². The highest BCUT2D eigenvalue weighted by molar-refractivity contribution is 7.99. The van der Waals surface area contributed by atoms with Gasteiger partial charge in [-0.1, -0.05) is 18.2 Å². The first-order chi connectivity index (χ1) is 8.16. The Hall–Kier alpha value is -1.40. The van der Waals surface area contributed by atoms with Crippen molar-refractivity contribution < 1.29 is 9.79 Å². The molecule has 17 heavy (non-hydrogen) atoms. The quantitative estimate of drug-likeness (QED) is 0.744. The molecule has 0 aliphatic carbocycles. The normalized spacial score (nSPS) is 23.4. The fourth-order valence-electron chi connectivity index (χ4n) is 1.83. The Bertz CT molecular complexity index is 538. The minimum Gasteiger partial charge on any atom is -0.386 e. The third kappa shape index (κ3) is 1.94. The van der Waals surface area contributed by atoms with Crippen LogP contribution in [0.5, 0.6) is 0 Å². The Morgan fingerprint density at radius 1 is 1.41 bits per heavy atom. The number of benzene rings is 1. The highest BCUT2D eigenvalue weighted by atomic mass is 32.2. The number of hydrogen-bond donors (Lipinski definition) is 1. The van der Waals surface area contributed by atoms with Crippen LogP contribution in [0.1, 0.15) is 6.92 Å². The van der Waals surface area contributed by atoms with E-state index in [0.29, 0.717) is 12.3 Å². The number of fused-ring (bicyclic) bond motifs is 1. The lowest BCUT2D eigenvalue weighted by Gasteiger charge is -2.23. The van der Waals surface area contributed by atoms with E-state index in [2.05, 4.69) is 10.4 Å². The molecule has 1 atom stereocenters. The summed E-state index contributed by atoms with van der Waals surface area (Å²) in [6.45, 7) is 2.31. The Kier molecular flexibility index (Phi) is 2.41. The van der Waals surface area contributed by atoms with Gasteiger partial charge in [0, 0.05) is 5.75 Å². The zero-order chi connectivity index (χ0) is 11.9. The smallest absolute Gasteiger partial charge is 0.323 e. The molecule has 0 fully saturated rings. The first kappa shape index (κ1) is 10.7. The van der Waals surface area contributed by atoms with Crippen LogP contribution in [-0.2, 0) is 6.54 Å². The number of para-hydroxylation sites is 1. The molecular formula is C11H13N4OS+. The summed E-state index contributed by atoms with van der Waals surface area (Å²) in [5.41, 5.74) is 0.280. The molecular weight excluding hydrogens is 236 g/mol. The molecule has 1 aromatic heterocycles. The van der Waals surface area contributed by atoms with Gasteiger partial charge in [-0.2, -0.15) is 0 Å². The summed E-state index contributed by atoms with van der Waals surface area (Å²) in [5, 5.41) is 19.2. The molecule has 3 rings (SSSR count). The molecule has 5 nitrogen and oxygen atoms in total. The van der Waals surface area contributed by atoms with Crippen molar-refractivity contribution in [2.24, 2.45) is 0 Å². The zero-order valence-corrected chi connectivity index (χ0v) is 10.3. The van der Waals surface area contributed by atoms with Gasteiger partial charge in [0.2, 0.25) is 0 Å². The molecule has 2 aromatic rings. The highest BCUT2D eigenvalue weighted by Gasteiger charge is 2.36. The fraction of sp³-hybridized carbons (Fsp3) is 0.364. The van der Waals surface area contributed by atoms with Gasteiger partial charge in [0.15, 0.2) is 5.21 Å². The van der Waals surface area contributed by atoms with Crippen LogP contribution in [0.15, 0.2) is 35.5 Å². The Morgan fingerprint density at radius 2 is 2.18 bits per heavy atom. The second-order valence-corrected chi connectivity index (χ2v) is 5.39. The Labute approximate surface area is 103 Å². The number of aromatic nitrogens is 4. The van der Waals surface area contributed by atoms with Crippen LogP contribution in [0.2, 0.25) is 0 Å². The molecule has 1 aliphatic rings. The second-order valence-electron chi connectivity index (χ2n) is 4.45. The minimum atomic E-state index is -0.708. The second kappa shape index (κ2) is 3.82.